The number of benzene rings is 2. The molecule has 0 aromatic heterocycles. The number of nitro benzene ring substituents is 1. The second-order valence-corrected chi connectivity index (χ2v) is 5.49. The zero-order valence-electron chi connectivity index (χ0n) is 13.1. The highest BCUT2D eigenvalue weighted by atomic mass is 35.5. The predicted molar refractivity (Wildman–Crippen MR) is 92.7 cm³/mol. The molecule has 7 heteroatoms. The van der Waals surface area contributed by atoms with Gasteiger partial charge in [-0.05, 0) is 36.8 Å². The molecule has 2 aromatic rings. The molecule has 126 valence electrons. The van der Waals surface area contributed by atoms with Gasteiger partial charge in [-0.1, -0.05) is 24.6 Å². The van der Waals surface area contributed by atoms with E-state index in [1.807, 2.05) is 6.92 Å². The van der Waals surface area contributed by atoms with Gasteiger partial charge < -0.3 is 10.1 Å². The summed E-state index contributed by atoms with van der Waals surface area (Å²) in [5.41, 5.74) is 1.03. The molecule has 0 saturated heterocycles. The Morgan fingerprint density at radius 1 is 1.25 bits per heavy atom. The minimum atomic E-state index is -0.446. The number of rotatable bonds is 7. The first-order valence-corrected chi connectivity index (χ1v) is 7.83. The lowest BCUT2D eigenvalue weighted by molar-refractivity contribution is -0.385. The molecule has 0 heterocycles. The third kappa shape index (κ3) is 4.96. The van der Waals surface area contributed by atoms with Crippen LogP contribution in [0.3, 0.4) is 0 Å². The largest absolute Gasteiger partial charge is 0.493 e. The first-order valence-electron chi connectivity index (χ1n) is 7.45. The highest BCUT2D eigenvalue weighted by Crippen LogP contribution is 2.23. The summed E-state index contributed by atoms with van der Waals surface area (Å²) < 4.78 is 5.44. The summed E-state index contributed by atoms with van der Waals surface area (Å²) in [6, 6.07) is 11.5. The SMILES string of the molecule is CCc1ccc(NC(=O)CCOc2ccc(Cl)cc2)cc1[N+](=O)[O-]. The van der Waals surface area contributed by atoms with Gasteiger partial charge in [0.25, 0.3) is 5.69 Å². The number of hydrogen-bond acceptors (Lipinski definition) is 4. The van der Waals surface area contributed by atoms with Crippen molar-refractivity contribution in [3.63, 3.8) is 0 Å². The number of nitrogens with zero attached hydrogens (tertiary/aromatic N) is 1. The van der Waals surface area contributed by atoms with Gasteiger partial charge in [-0.2, -0.15) is 0 Å². The lowest BCUT2D eigenvalue weighted by atomic mass is 10.1. The van der Waals surface area contributed by atoms with E-state index in [0.717, 1.165) is 0 Å². The summed E-state index contributed by atoms with van der Waals surface area (Å²) in [6.45, 7) is 2.04. The maximum Gasteiger partial charge on any atom is 0.274 e. The Morgan fingerprint density at radius 3 is 2.58 bits per heavy atom. The van der Waals surface area contributed by atoms with Gasteiger partial charge >= 0.3 is 0 Å². The fraction of sp³-hybridized carbons (Fsp3) is 0.235. The lowest BCUT2D eigenvalue weighted by Crippen LogP contribution is -2.15. The van der Waals surface area contributed by atoms with Gasteiger partial charge in [0.15, 0.2) is 0 Å². The summed E-state index contributed by atoms with van der Waals surface area (Å²) in [6.07, 6.45) is 0.686. The molecule has 0 aliphatic heterocycles. The van der Waals surface area contributed by atoms with Crippen molar-refractivity contribution in [2.45, 2.75) is 19.8 Å². The first-order chi connectivity index (χ1) is 11.5. The van der Waals surface area contributed by atoms with Crippen molar-refractivity contribution in [3.8, 4) is 5.75 Å². The molecule has 0 fully saturated rings. The fourth-order valence-electron chi connectivity index (χ4n) is 2.13. The number of halogens is 1. The van der Waals surface area contributed by atoms with Crippen LogP contribution in [0, 0.1) is 10.1 Å². The van der Waals surface area contributed by atoms with Crippen molar-refractivity contribution < 1.29 is 14.5 Å². The molecular weight excluding hydrogens is 332 g/mol. The summed E-state index contributed by atoms with van der Waals surface area (Å²) in [5, 5.41) is 14.3. The summed E-state index contributed by atoms with van der Waals surface area (Å²) in [7, 11) is 0. The normalized spacial score (nSPS) is 10.2. The Kier molecular flexibility index (Phi) is 6.14. The third-order valence-electron chi connectivity index (χ3n) is 3.36. The highest BCUT2D eigenvalue weighted by Gasteiger charge is 2.14. The van der Waals surface area contributed by atoms with Crippen LogP contribution in [0.5, 0.6) is 5.75 Å². The van der Waals surface area contributed by atoms with E-state index in [-0.39, 0.29) is 24.6 Å². The maximum absolute atomic E-state index is 11.9. The standard InChI is InChI=1S/C17H17ClN2O4/c1-2-12-3-6-14(11-16(12)20(22)23)19-17(21)9-10-24-15-7-4-13(18)5-8-15/h3-8,11H,2,9-10H2,1H3,(H,19,21). The molecule has 0 saturated carbocycles. The van der Waals surface area contributed by atoms with Gasteiger partial charge in [-0.15, -0.1) is 0 Å². The van der Waals surface area contributed by atoms with Crippen molar-refractivity contribution in [1.29, 1.82) is 0 Å². The number of nitrogens with one attached hydrogen (secondary N) is 1. The number of carbonyl (C=O) groups excluding carboxylic acids is 1. The molecule has 1 N–H and O–H groups in total. The second kappa shape index (κ2) is 8.31. The average molecular weight is 349 g/mol. The highest BCUT2D eigenvalue weighted by molar-refractivity contribution is 6.30. The number of carbonyl (C=O) groups is 1. The minimum Gasteiger partial charge on any atom is -0.493 e. The van der Waals surface area contributed by atoms with Crippen molar-refractivity contribution in [3.05, 3.63) is 63.2 Å². The molecule has 0 bridgehead atoms. The van der Waals surface area contributed by atoms with Gasteiger partial charge in [0.2, 0.25) is 5.91 Å². The average Bonchev–Trinajstić information content (AvgIpc) is 2.56. The number of ether oxygens (including phenoxy) is 1. The van der Waals surface area contributed by atoms with E-state index in [1.165, 1.54) is 6.07 Å². The van der Waals surface area contributed by atoms with Crippen LogP contribution in [0.1, 0.15) is 18.9 Å². The molecule has 2 rings (SSSR count). The van der Waals surface area contributed by atoms with Crippen molar-refractivity contribution in [1.82, 2.24) is 0 Å². The summed E-state index contributed by atoms with van der Waals surface area (Å²) in [5.74, 6) is 0.345. The van der Waals surface area contributed by atoms with Crippen LogP contribution in [-0.4, -0.2) is 17.4 Å². The molecule has 0 atom stereocenters. The summed E-state index contributed by atoms with van der Waals surface area (Å²) >= 11 is 5.78. The van der Waals surface area contributed by atoms with E-state index in [9.17, 15) is 14.9 Å². The van der Waals surface area contributed by atoms with Gasteiger partial charge in [0.05, 0.1) is 18.0 Å². The van der Waals surface area contributed by atoms with Gasteiger partial charge in [0.1, 0.15) is 5.75 Å². The van der Waals surface area contributed by atoms with Crippen molar-refractivity contribution in [2.75, 3.05) is 11.9 Å². The Balaban J connectivity index is 1.89. The zero-order valence-corrected chi connectivity index (χ0v) is 13.9. The lowest BCUT2D eigenvalue weighted by Gasteiger charge is -2.08. The van der Waals surface area contributed by atoms with Gasteiger partial charge in [0, 0.05) is 22.3 Å². The number of anilines is 1. The van der Waals surface area contributed by atoms with Crippen LogP contribution in [-0.2, 0) is 11.2 Å². The molecule has 6 nitrogen and oxygen atoms in total. The molecule has 2 aromatic carbocycles. The topological polar surface area (TPSA) is 81.5 Å². The van der Waals surface area contributed by atoms with E-state index in [4.69, 9.17) is 16.3 Å². The van der Waals surface area contributed by atoms with Crippen LogP contribution in [0.4, 0.5) is 11.4 Å². The van der Waals surface area contributed by atoms with Crippen LogP contribution < -0.4 is 10.1 Å². The number of amides is 1. The quantitative estimate of drug-likeness (QED) is 0.600. The van der Waals surface area contributed by atoms with Crippen LogP contribution in [0.15, 0.2) is 42.5 Å². The summed E-state index contributed by atoms with van der Waals surface area (Å²) in [4.78, 5) is 22.5. The van der Waals surface area contributed by atoms with E-state index >= 15 is 0 Å². The van der Waals surface area contributed by atoms with Crippen LogP contribution in [0.2, 0.25) is 5.02 Å². The number of hydrogen-bond donors (Lipinski definition) is 1. The van der Waals surface area contributed by atoms with Crippen molar-refractivity contribution in [2.24, 2.45) is 0 Å². The Morgan fingerprint density at radius 2 is 1.96 bits per heavy atom. The second-order valence-electron chi connectivity index (χ2n) is 5.05. The first kappa shape index (κ1) is 17.7. The fourth-order valence-corrected chi connectivity index (χ4v) is 2.25. The van der Waals surface area contributed by atoms with E-state index in [1.54, 1.807) is 36.4 Å². The van der Waals surface area contributed by atoms with E-state index < -0.39 is 4.92 Å². The monoisotopic (exact) mass is 348 g/mol. The van der Waals surface area contributed by atoms with Crippen molar-refractivity contribution >= 4 is 28.9 Å². The minimum absolute atomic E-state index is 0.00714. The van der Waals surface area contributed by atoms with Crippen LogP contribution in [0.25, 0.3) is 0 Å². The third-order valence-corrected chi connectivity index (χ3v) is 3.61. The predicted octanol–water partition coefficient (Wildman–Crippen LogP) is 4.22. The van der Waals surface area contributed by atoms with Gasteiger partial charge in [-0.25, -0.2) is 0 Å². The number of nitro groups is 1. The Hall–Kier alpha value is -2.60. The molecule has 0 aliphatic rings. The Labute approximate surface area is 144 Å². The van der Waals surface area contributed by atoms with E-state index in [0.29, 0.717) is 28.4 Å². The Bertz CT molecular complexity index is 732. The zero-order chi connectivity index (χ0) is 17.5. The molecule has 0 radical (unpaired) electrons. The van der Waals surface area contributed by atoms with Gasteiger partial charge in [-0.3, -0.25) is 14.9 Å². The molecular formula is C17H17ClN2O4. The number of aryl methyl sites for hydroxylation is 1. The molecule has 0 aliphatic carbocycles. The molecule has 1 amide bonds. The van der Waals surface area contributed by atoms with E-state index in [2.05, 4.69) is 5.32 Å². The van der Waals surface area contributed by atoms with Crippen LogP contribution >= 0.6 is 11.6 Å². The smallest absolute Gasteiger partial charge is 0.274 e. The molecule has 0 spiro atoms. The molecule has 24 heavy (non-hydrogen) atoms. The maximum atomic E-state index is 11.9. The molecule has 0 unspecified atom stereocenters.